The molecule has 1 saturated heterocycles. The van der Waals surface area contributed by atoms with E-state index < -0.39 is 17.6 Å². The van der Waals surface area contributed by atoms with E-state index in [-0.39, 0.29) is 5.56 Å². The number of piperidine rings is 1. The highest BCUT2D eigenvalue weighted by Crippen LogP contribution is 2.48. The Morgan fingerprint density at radius 1 is 1.09 bits per heavy atom. The Labute approximate surface area is 202 Å². The van der Waals surface area contributed by atoms with Gasteiger partial charge in [0.15, 0.2) is 0 Å². The van der Waals surface area contributed by atoms with Gasteiger partial charge in [-0.05, 0) is 72.7 Å². The highest BCUT2D eigenvalue weighted by Gasteiger charge is 2.45. The van der Waals surface area contributed by atoms with Crippen LogP contribution in [0.15, 0.2) is 54.6 Å². The van der Waals surface area contributed by atoms with E-state index >= 15 is 0 Å². The fourth-order valence-electron chi connectivity index (χ4n) is 4.83. The lowest BCUT2D eigenvalue weighted by molar-refractivity contribution is 0.0984. The Morgan fingerprint density at radius 3 is 2.53 bits per heavy atom. The summed E-state index contributed by atoms with van der Waals surface area (Å²) in [6.45, 7) is 3.47. The molecule has 3 aromatic carbocycles. The van der Waals surface area contributed by atoms with Crippen LogP contribution in [0.1, 0.15) is 32.7 Å². The zero-order valence-electron chi connectivity index (χ0n) is 19.0. The van der Waals surface area contributed by atoms with Crippen LogP contribution >= 0.6 is 11.6 Å². The van der Waals surface area contributed by atoms with Crippen molar-refractivity contribution in [3.63, 3.8) is 0 Å². The van der Waals surface area contributed by atoms with Gasteiger partial charge in [0.1, 0.15) is 5.82 Å². The van der Waals surface area contributed by atoms with Crippen molar-refractivity contribution < 1.29 is 14.0 Å². The monoisotopic (exact) mass is 477 g/mol. The average Bonchev–Trinajstić information content (AvgIpc) is 3.44. The minimum absolute atomic E-state index is 0.0407. The number of primary amides is 1. The molecule has 2 unspecified atom stereocenters. The molecule has 1 aliphatic heterocycles. The summed E-state index contributed by atoms with van der Waals surface area (Å²) >= 11 is 6.47. The molecule has 2 aliphatic rings. The molecule has 5 nitrogen and oxygen atoms in total. The van der Waals surface area contributed by atoms with Crippen molar-refractivity contribution in [2.45, 2.75) is 13.3 Å². The molecule has 2 amide bonds. The van der Waals surface area contributed by atoms with Crippen LogP contribution in [0.3, 0.4) is 0 Å². The van der Waals surface area contributed by atoms with E-state index in [4.69, 9.17) is 17.3 Å². The third kappa shape index (κ3) is 3.92. The number of halogens is 2. The third-order valence-electron chi connectivity index (χ3n) is 6.95. The van der Waals surface area contributed by atoms with Crippen molar-refractivity contribution >= 4 is 34.8 Å². The highest BCUT2D eigenvalue weighted by atomic mass is 35.5. The molecule has 34 heavy (non-hydrogen) atoms. The molecular formula is C27H25ClFN3O2. The van der Waals surface area contributed by atoms with E-state index in [0.717, 1.165) is 24.3 Å². The summed E-state index contributed by atoms with van der Waals surface area (Å²) in [6.07, 6.45) is 1.24. The lowest BCUT2D eigenvalue weighted by atomic mass is 10.0. The molecule has 2 atom stereocenters. The molecular weight excluding hydrogens is 453 g/mol. The molecule has 0 bridgehead atoms. The first-order valence-electron chi connectivity index (χ1n) is 11.3. The van der Waals surface area contributed by atoms with Crippen LogP contribution in [0.4, 0.5) is 15.8 Å². The van der Waals surface area contributed by atoms with Crippen LogP contribution in [0, 0.1) is 24.6 Å². The van der Waals surface area contributed by atoms with Crippen molar-refractivity contribution in [1.82, 2.24) is 0 Å². The predicted molar refractivity (Wildman–Crippen MR) is 133 cm³/mol. The van der Waals surface area contributed by atoms with Gasteiger partial charge in [0, 0.05) is 36.3 Å². The van der Waals surface area contributed by atoms with E-state index in [1.54, 1.807) is 44.3 Å². The van der Waals surface area contributed by atoms with Gasteiger partial charge in [-0.1, -0.05) is 29.8 Å². The molecule has 1 saturated carbocycles. The molecule has 5 rings (SSSR count). The Hall–Kier alpha value is -3.38. The summed E-state index contributed by atoms with van der Waals surface area (Å²) in [7, 11) is 1.67. The number of fused-ring (bicyclic) bond motifs is 1. The maximum Gasteiger partial charge on any atom is 0.261 e. The Bertz CT molecular complexity index is 1320. The van der Waals surface area contributed by atoms with Gasteiger partial charge in [0.05, 0.1) is 16.9 Å². The van der Waals surface area contributed by atoms with Gasteiger partial charge in [-0.2, -0.15) is 0 Å². The number of benzene rings is 3. The average molecular weight is 478 g/mol. The Balaban J connectivity index is 1.58. The number of nitrogens with zero attached hydrogens (tertiary/aromatic N) is 2. The molecule has 0 aromatic heterocycles. The summed E-state index contributed by atoms with van der Waals surface area (Å²) in [5.41, 5.74) is 9.39. The number of rotatable bonds is 5. The molecule has 174 valence electrons. The zero-order valence-corrected chi connectivity index (χ0v) is 19.8. The smallest absolute Gasteiger partial charge is 0.261 e. The number of anilines is 2. The summed E-state index contributed by atoms with van der Waals surface area (Å²) in [5, 5.41) is 0.499. The molecule has 0 spiro atoms. The van der Waals surface area contributed by atoms with Gasteiger partial charge in [0.25, 0.3) is 5.91 Å². The summed E-state index contributed by atoms with van der Waals surface area (Å²) in [4.78, 5) is 28.8. The number of nitrogens with two attached hydrogens (primary N) is 1. The largest absolute Gasteiger partial charge is 0.369 e. The highest BCUT2D eigenvalue weighted by molar-refractivity contribution is 6.33. The van der Waals surface area contributed by atoms with Gasteiger partial charge in [-0.25, -0.2) is 4.39 Å². The van der Waals surface area contributed by atoms with Crippen LogP contribution in [-0.4, -0.2) is 32.0 Å². The summed E-state index contributed by atoms with van der Waals surface area (Å²) < 4.78 is 14.7. The second-order valence-corrected chi connectivity index (χ2v) is 9.63. The molecule has 2 N–H and O–H groups in total. The number of carbonyl (C=O) groups is 2. The molecule has 7 heteroatoms. The Morgan fingerprint density at radius 2 is 1.82 bits per heavy atom. The third-order valence-corrected chi connectivity index (χ3v) is 7.27. The van der Waals surface area contributed by atoms with Gasteiger partial charge >= 0.3 is 0 Å². The molecule has 1 heterocycles. The van der Waals surface area contributed by atoms with Crippen molar-refractivity contribution in [1.29, 1.82) is 0 Å². The fraction of sp³-hybridized carbons (Fsp3) is 0.259. The first kappa shape index (κ1) is 22.4. The van der Waals surface area contributed by atoms with Crippen molar-refractivity contribution in [2.24, 2.45) is 17.6 Å². The summed E-state index contributed by atoms with van der Waals surface area (Å²) in [6, 6.07) is 15.5. The maximum absolute atomic E-state index is 14.7. The van der Waals surface area contributed by atoms with E-state index in [1.807, 2.05) is 18.2 Å². The number of aryl methyl sites for hydroxylation is 1. The number of hydrogen-bond donors (Lipinski definition) is 1. The molecule has 0 radical (unpaired) electrons. The van der Waals surface area contributed by atoms with Crippen LogP contribution in [0.5, 0.6) is 0 Å². The Kier molecular flexibility index (Phi) is 5.56. The second-order valence-electron chi connectivity index (χ2n) is 9.22. The minimum Gasteiger partial charge on any atom is -0.369 e. The number of carbonyl (C=O) groups excluding carboxylic acids is 2. The topological polar surface area (TPSA) is 66.6 Å². The van der Waals surface area contributed by atoms with Crippen LogP contribution in [-0.2, 0) is 0 Å². The van der Waals surface area contributed by atoms with Gasteiger partial charge in [0.2, 0.25) is 5.91 Å². The SMILES string of the molecule is Cc1cccc(C(=O)N(C)c2ccc(-c3cc(C(N)=O)ccc3Cl)cc2N2CC3CC3C2)c1F. The van der Waals surface area contributed by atoms with Crippen molar-refractivity contribution in [2.75, 3.05) is 29.9 Å². The second kappa shape index (κ2) is 8.44. The lowest BCUT2D eigenvalue weighted by Gasteiger charge is -2.28. The first-order chi connectivity index (χ1) is 16.2. The lowest BCUT2D eigenvalue weighted by Crippen LogP contribution is -2.31. The van der Waals surface area contributed by atoms with E-state index in [9.17, 15) is 14.0 Å². The van der Waals surface area contributed by atoms with Crippen LogP contribution in [0.25, 0.3) is 11.1 Å². The normalized spacial score (nSPS) is 18.5. The van der Waals surface area contributed by atoms with Crippen molar-refractivity contribution in [3.8, 4) is 11.1 Å². The zero-order chi connectivity index (χ0) is 24.1. The first-order valence-corrected chi connectivity index (χ1v) is 11.6. The quantitative estimate of drug-likeness (QED) is 0.543. The van der Waals surface area contributed by atoms with Gasteiger partial charge in [-0.15, -0.1) is 0 Å². The standard InChI is InChI=1S/C27H25ClFN3O2/c1-15-4-3-5-20(25(15)29)27(34)31(2)23-9-7-16(12-24(23)32-13-18-10-19(18)14-32)21-11-17(26(30)33)6-8-22(21)28/h3-9,11-12,18-19H,10,13-14H2,1-2H3,(H2,30,33). The van der Waals surface area contributed by atoms with E-state index in [2.05, 4.69) is 4.90 Å². The number of hydrogen-bond acceptors (Lipinski definition) is 3. The van der Waals surface area contributed by atoms with Crippen molar-refractivity contribution in [3.05, 3.63) is 82.1 Å². The molecule has 3 aromatic rings. The minimum atomic E-state index is -0.528. The van der Waals surface area contributed by atoms with Gasteiger partial charge < -0.3 is 15.5 Å². The van der Waals surface area contributed by atoms with E-state index in [1.165, 1.54) is 17.4 Å². The predicted octanol–water partition coefficient (Wildman–Crippen LogP) is 5.29. The molecule has 2 fully saturated rings. The van der Waals surface area contributed by atoms with Crippen LogP contribution in [0.2, 0.25) is 5.02 Å². The van der Waals surface area contributed by atoms with E-state index in [0.29, 0.717) is 39.2 Å². The fourth-order valence-corrected chi connectivity index (χ4v) is 5.05. The summed E-state index contributed by atoms with van der Waals surface area (Å²) in [5.74, 6) is -0.0924. The van der Waals surface area contributed by atoms with Crippen LogP contribution < -0.4 is 15.5 Å². The van der Waals surface area contributed by atoms with Gasteiger partial charge in [-0.3, -0.25) is 9.59 Å². The molecule has 1 aliphatic carbocycles. The number of amides is 2. The maximum atomic E-state index is 14.7.